The van der Waals surface area contributed by atoms with E-state index in [-0.39, 0.29) is 14.9 Å². The molecule has 31 heavy (non-hydrogen) atoms. The molecule has 3 aromatic rings. The van der Waals surface area contributed by atoms with Crippen LogP contribution in [0.2, 0.25) is 0 Å². The molecular weight excluding hydrogens is 489 g/mol. The number of halogens is 3. The van der Waals surface area contributed by atoms with Gasteiger partial charge in [-0.3, -0.25) is 6.08 Å². The van der Waals surface area contributed by atoms with Crippen LogP contribution in [0.1, 0.15) is 27.7 Å². The van der Waals surface area contributed by atoms with Crippen molar-refractivity contribution in [2.75, 3.05) is 0 Å². The second kappa shape index (κ2) is 13.1. The van der Waals surface area contributed by atoms with Crippen LogP contribution in [0.3, 0.4) is 0 Å². The zero-order chi connectivity index (χ0) is 21.7. The van der Waals surface area contributed by atoms with Crippen LogP contribution in [0.25, 0.3) is 21.9 Å². The van der Waals surface area contributed by atoms with Crippen molar-refractivity contribution in [3.8, 4) is 11.1 Å². The third-order valence-electron chi connectivity index (χ3n) is 5.21. The molecule has 1 atom stereocenters. The van der Waals surface area contributed by atoms with Crippen LogP contribution < -0.4 is 0 Å². The van der Waals surface area contributed by atoms with Crippen LogP contribution in [0, 0.1) is 44.3 Å². The fourth-order valence-electron chi connectivity index (χ4n) is 3.28. The molecule has 1 unspecified atom stereocenters. The standard InChI is InChI=1S/C15H8F3.C9H13.2CH3.Si.Zr/c16-13-7-10(8-14(17)15(13)18)12-6-5-9-3-1-2-4-11(9)12;1-6-5-7(2)9(4)8(6)3;;;;/h1-8H;6H,1-4H3;2*1H3;;/q4*-1;;. The first-order valence-electron chi connectivity index (χ1n) is 9.11. The summed E-state index contributed by atoms with van der Waals surface area (Å²) in [7, 11) is 0. The van der Waals surface area contributed by atoms with E-state index >= 15 is 0 Å². The minimum absolute atomic E-state index is 0. The van der Waals surface area contributed by atoms with E-state index in [9.17, 15) is 13.2 Å². The summed E-state index contributed by atoms with van der Waals surface area (Å²) in [6, 6.07) is 13.2. The minimum atomic E-state index is -1.44. The Balaban J connectivity index is 0.000000595. The van der Waals surface area contributed by atoms with Gasteiger partial charge in [0.05, 0.1) is 0 Å². The van der Waals surface area contributed by atoms with Gasteiger partial charge in [-0.25, -0.2) is 18.7 Å². The van der Waals surface area contributed by atoms with E-state index in [1.54, 1.807) is 6.07 Å². The quantitative estimate of drug-likeness (QED) is 0.176. The van der Waals surface area contributed by atoms with Crippen molar-refractivity contribution in [3.05, 3.63) is 104 Å². The normalized spacial score (nSPS) is 14.4. The number of hydrogen-bond donors (Lipinski definition) is 0. The van der Waals surface area contributed by atoms with E-state index in [4.69, 9.17) is 0 Å². The molecule has 1 aliphatic rings. The molecule has 0 saturated carbocycles. The van der Waals surface area contributed by atoms with Crippen LogP contribution in [0.5, 0.6) is 0 Å². The van der Waals surface area contributed by atoms with Crippen molar-refractivity contribution < 1.29 is 36.5 Å². The van der Waals surface area contributed by atoms with Gasteiger partial charge in [0.15, 0.2) is 17.5 Å². The second-order valence-corrected chi connectivity index (χ2v) is 6.89. The molecule has 0 N–H and O–H groups in total. The van der Waals surface area contributed by atoms with Gasteiger partial charge in [-0.2, -0.15) is 11.1 Å². The summed E-state index contributed by atoms with van der Waals surface area (Å²) in [5.41, 5.74) is 5.28. The average Bonchev–Trinajstić information content (AvgIpc) is 3.25. The van der Waals surface area contributed by atoms with E-state index < -0.39 is 17.5 Å². The molecule has 0 bridgehead atoms. The van der Waals surface area contributed by atoms with Gasteiger partial charge >= 0.3 is 30.2 Å². The molecule has 0 aliphatic heterocycles. The molecule has 0 spiro atoms. The zero-order valence-electron chi connectivity index (χ0n) is 18.8. The van der Waals surface area contributed by atoms with Crippen molar-refractivity contribution in [2.45, 2.75) is 27.7 Å². The third kappa shape index (κ3) is 6.70. The van der Waals surface area contributed by atoms with Crippen molar-refractivity contribution in [1.29, 1.82) is 0 Å². The van der Waals surface area contributed by atoms with Crippen molar-refractivity contribution >= 4 is 17.7 Å². The van der Waals surface area contributed by atoms with Crippen molar-refractivity contribution in [3.63, 3.8) is 0 Å². The number of rotatable bonds is 1. The van der Waals surface area contributed by atoms with E-state index in [0.717, 1.165) is 22.9 Å². The second-order valence-electron chi connectivity index (χ2n) is 6.89. The molecule has 5 heteroatoms. The number of hydrogen-bond acceptors (Lipinski definition) is 0. The topological polar surface area (TPSA) is 0 Å². The molecule has 0 amide bonds. The fourth-order valence-corrected chi connectivity index (χ4v) is 3.28. The Bertz CT molecular complexity index is 1060. The van der Waals surface area contributed by atoms with Gasteiger partial charge in [0.2, 0.25) is 0 Å². The van der Waals surface area contributed by atoms with E-state index in [1.165, 1.54) is 40.1 Å². The SMILES string of the molecule is CC1=[C-]C(C)C(C)=C1C.Fc1cc(-c2c[cH-]c3ccccc23)cc(F)c1F.[CH3-].[CH3-].[Si]=[Zr]. The first-order valence-corrected chi connectivity index (χ1v) is 13.3. The summed E-state index contributed by atoms with van der Waals surface area (Å²) in [5, 5.41) is 1.88. The molecule has 1 aliphatic carbocycles. The Morgan fingerprint density at radius 1 is 0.968 bits per heavy atom. The molecule has 0 fully saturated rings. The fraction of sp³-hybridized carbons (Fsp3) is 0.192. The van der Waals surface area contributed by atoms with Crippen LogP contribution in [-0.4, -0.2) is 6.88 Å². The predicted molar refractivity (Wildman–Crippen MR) is 123 cm³/mol. The van der Waals surface area contributed by atoms with E-state index in [0.29, 0.717) is 17.0 Å². The van der Waals surface area contributed by atoms with Crippen molar-refractivity contribution in [2.24, 2.45) is 5.92 Å². The Morgan fingerprint density at radius 2 is 1.52 bits per heavy atom. The summed E-state index contributed by atoms with van der Waals surface area (Å²) in [4.78, 5) is 0. The predicted octanol–water partition coefficient (Wildman–Crippen LogP) is 7.88. The maximum atomic E-state index is 13.2. The number of benzene rings is 2. The molecular formula is C26H27F3SiZr-4. The third-order valence-corrected chi connectivity index (χ3v) is 5.21. The van der Waals surface area contributed by atoms with E-state index in [2.05, 4.69) is 40.7 Å². The Kier molecular flexibility index (Phi) is 12.4. The van der Waals surface area contributed by atoms with Gasteiger partial charge in [0.25, 0.3) is 0 Å². The molecule has 0 saturated heterocycles. The van der Waals surface area contributed by atoms with Gasteiger partial charge in [-0.05, 0) is 12.1 Å². The van der Waals surface area contributed by atoms with Gasteiger partial charge < -0.3 is 14.9 Å². The monoisotopic (exact) mass is 514 g/mol. The van der Waals surface area contributed by atoms with Gasteiger partial charge in [0, 0.05) is 0 Å². The molecule has 2 radical (unpaired) electrons. The molecule has 0 aromatic heterocycles. The Labute approximate surface area is 201 Å². The molecule has 3 aromatic carbocycles. The summed E-state index contributed by atoms with van der Waals surface area (Å²) in [6.07, 6.45) is 3.36. The number of fused-ring (bicyclic) bond motifs is 1. The summed E-state index contributed by atoms with van der Waals surface area (Å²) in [5.74, 6) is -3.22. The zero-order valence-corrected chi connectivity index (χ0v) is 22.3. The first kappa shape index (κ1) is 29.4. The van der Waals surface area contributed by atoms with Gasteiger partial charge in [-0.1, -0.05) is 38.3 Å². The number of allylic oxidation sites excluding steroid dienone is 4. The van der Waals surface area contributed by atoms with Crippen LogP contribution in [0.4, 0.5) is 13.2 Å². The van der Waals surface area contributed by atoms with Crippen LogP contribution in [0.15, 0.2) is 65.3 Å². The van der Waals surface area contributed by atoms with E-state index in [1.807, 2.05) is 30.3 Å². The van der Waals surface area contributed by atoms with Crippen LogP contribution >= 0.6 is 0 Å². The molecule has 164 valence electrons. The Hall–Kier alpha value is -1.58. The molecule has 0 heterocycles. The summed E-state index contributed by atoms with van der Waals surface area (Å²) >= 11 is 1.36. The summed E-state index contributed by atoms with van der Waals surface area (Å²) < 4.78 is 39.4. The van der Waals surface area contributed by atoms with Crippen LogP contribution in [-0.2, 0) is 23.3 Å². The summed E-state index contributed by atoms with van der Waals surface area (Å²) in [6.45, 7) is 11.7. The van der Waals surface area contributed by atoms with Gasteiger partial charge in [0.1, 0.15) is 0 Å². The van der Waals surface area contributed by atoms with Crippen molar-refractivity contribution in [1.82, 2.24) is 0 Å². The van der Waals surface area contributed by atoms with Gasteiger partial charge in [-0.15, -0.1) is 53.6 Å². The first-order chi connectivity index (χ1) is 13.8. The Morgan fingerprint density at radius 3 is 1.97 bits per heavy atom. The molecule has 0 nitrogen and oxygen atoms in total. The maximum absolute atomic E-state index is 13.2. The molecule has 4 rings (SSSR count). The average molecular weight is 516 g/mol.